The number of unbranched alkanes of at least 4 members (excludes halogenated alkanes) is 14. The number of allylic oxidation sites excluding steroid dienone is 24. The minimum Gasteiger partial charge on any atom is -0.462 e. The van der Waals surface area contributed by atoms with E-state index in [4.69, 9.17) is 14.2 Å². The summed E-state index contributed by atoms with van der Waals surface area (Å²) in [4.78, 5) is 37.9. The minimum absolute atomic E-state index is 0.104. The molecule has 6 nitrogen and oxygen atoms in total. The van der Waals surface area contributed by atoms with Crippen LogP contribution in [0.2, 0.25) is 0 Å². The Bertz CT molecular complexity index is 1590. The fourth-order valence-electron chi connectivity index (χ4n) is 7.15. The van der Waals surface area contributed by atoms with Crippen LogP contribution in [0, 0.1) is 0 Å². The molecule has 0 N–H and O–H groups in total. The van der Waals surface area contributed by atoms with E-state index in [1.165, 1.54) is 38.5 Å². The van der Waals surface area contributed by atoms with Crippen molar-refractivity contribution in [2.24, 2.45) is 0 Å². The first kappa shape index (κ1) is 66.3. The second kappa shape index (κ2) is 57.9. The number of carbonyl (C=O) groups is 3. The van der Waals surface area contributed by atoms with Gasteiger partial charge in [-0.1, -0.05) is 231 Å². The predicted octanol–water partition coefficient (Wildman–Crippen LogP) is 19.2. The molecule has 0 aromatic heterocycles. The van der Waals surface area contributed by atoms with Crippen LogP contribution in [0.1, 0.15) is 226 Å². The summed E-state index contributed by atoms with van der Waals surface area (Å²) in [6.45, 7) is 6.31. The van der Waals surface area contributed by atoms with Crippen molar-refractivity contribution >= 4 is 17.9 Å². The zero-order valence-corrected chi connectivity index (χ0v) is 45.4. The van der Waals surface area contributed by atoms with Crippen molar-refractivity contribution in [2.45, 2.75) is 232 Å². The van der Waals surface area contributed by atoms with Crippen LogP contribution in [-0.4, -0.2) is 37.2 Å². The first-order chi connectivity index (χ1) is 35.0. The topological polar surface area (TPSA) is 78.9 Å². The minimum atomic E-state index is -0.810. The number of carbonyl (C=O) groups excluding carboxylic acids is 3. The molecular formula is C65H102O6. The van der Waals surface area contributed by atoms with Crippen LogP contribution in [0.4, 0.5) is 0 Å². The number of ether oxygens (including phenoxy) is 3. The number of esters is 3. The van der Waals surface area contributed by atoms with Crippen molar-refractivity contribution in [3.05, 3.63) is 146 Å². The van der Waals surface area contributed by atoms with Crippen LogP contribution in [0.15, 0.2) is 146 Å². The second-order valence-electron chi connectivity index (χ2n) is 18.1. The molecule has 1 atom stereocenters. The lowest BCUT2D eigenvalue weighted by Gasteiger charge is -2.18. The zero-order valence-electron chi connectivity index (χ0n) is 45.4. The van der Waals surface area contributed by atoms with Crippen molar-refractivity contribution < 1.29 is 28.6 Å². The summed E-state index contributed by atoms with van der Waals surface area (Å²) in [5, 5.41) is 0. The van der Waals surface area contributed by atoms with Crippen LogP contribution >= 0.6 is 0 Å². The zero-order chi connectivity index (χ0) is 51.4. The van der Waals surface area contributed by atoms with Gasteiger partial charge < -0.3 is 14.2 Å². The molecule has 0 radical (unpaired) electrons. The third kappa shape index (κ3) is 56.1. The Labute approximate surface area is 436 Å². The van der Waals surface area contributed by atoms with E-state index in [1.807, 2.05) is 0 Å². The smallest absolute Gasteiger partial charge is 0.306 e. The lowest BCUT2D eigenvalue weighted by molar-refractivity contribution is -0.167. The Hall–Kier alpha value is -4.71. The molecule has 0 aromatic carbocycles. The molecule has 0 saturated heterocycles. The van der Waals surface area contributed by atoms with Gasteiger partial charge in [0.25, 0.3) is 0 Å². The SMILES string of the molecule is CC/C=C\C/C=C\C/C=C\C/C=C\C/C=C\C/C=C\C/C=C\C/C=C\C/C=C\CCCCCC(=O)OCC(COC(=O)CCCCCCCCCCC)OC(=O)CCCCC/C=C\C/C=C\C/C=C\CC. The van der Waals surface area contributed by atoms with Gasteiger partial charge in [-0.3, -0.25) is 14.4 Å². The van der Waals surface area contributed by atoms with Gasteiger partial charge in [-0.05, 0) is 122 Å². The maximum atomic E-state index is 12.8. The maximum absolute atomic E-state index is 12.8. The van der Waals surface area contributed by atoms with Crippen LogP contribution in [0.5, 0.6) is 0 Å². The van der Waals surface area contributed by atoms with E-state index in [0.29, 0.717) is 12.8 Å². The average Bonchev–Trinajstić information content (AvgIpc) is 3.37. The molecule has 0 heterocycles. The van der Waals surface area contributed by atoms with Gasteiger partial charge in [0.15, 0.2) is 6.10 Å². The molecule has 0 aromatic rings. The highest BCUT2D eigenvalue weighted by Gasteiger charge is 2.19. The number of rotatable bonds is 49. The molecule has 0 aliphatic carbocycles. The second-order valence-corrected chi connectivity index (χ2v) is 18.1. The van der Waals surface area contributed by atoms with E-state index in [1.54, 1.807) is 0 Å². The van der Waals surface area contributed by atoms with Gasteiger partial charge >= 0.3 is 17.9 Å². The van der Waals surface area contributed by atoms with Gasteiger partial charge in [-0.15, -0.1) is 0 Å². The van der Waals surface area contributed by atoms with Gasteiger partial charge in [0.05, 0.1) is 0 Å². The maximum Gasteiger partial charge on any atom is 0.306 e. The van der Waals surface area contributed by atoms with E-state index in [-0.39, 0.29) is 37.5 Å². The van der Waals surface area contributed by atoms with Crippen LogP contribution in [-0.2, 0) is 28.6 Å². The molecule has 0 spiro atoms. The van der Waals surface area contributed by atoms with E-state index in [9.17, 15) is 14.4 Å². The highest BCUT2D eigenvalue weighted by Crippen LogP contribution is 2.13. The molecule has 0 fully saturated rings. The third-order valence-electron chi connectivity index (χ3n) is 11.3. The Morgan fingerprint density at radius 3 is 0.859 bits per heavy atom. The first-order valence-corrected chi connectivity index (χ1v) is 28.3. The number of hydrogen-bond donors (Lipinski definition) is 0. The average molecular weight is 980 g/mol. The summed E-state index contributed by atoms with van der Waals surface area (Å²) in [5.41, 5.74) is 0. The lowest BCUT2D eigenvalue weighted by atomic mass is 10.1. The fraction of sp³-hybridized carbons (Fsp3) is 0.585. The molecule has 0 rings (SSSR count). The summed E-state index contributed by atoms with van der Waals surface area (Å²) >= 11 is 0. The molecule has 0 aliphatic rings. The van der Waals surface area contributed by atoms with E-state index in [0.717, 1.165) is 148 Å². The van der Waals surface area contributed by atoms with E-state index >= 15 is 0 Å². The standard InChI is InChI=1S/C65H102O6/c1-4-7-10-13-16-19-21-23-24-25-26-27-28-29-30-31-32-33-34-35-36-37-38-39-40-42-43-46-49-52-55-58-64(67)70-61-62(60-69-63(66)57-54-51-48-45-18-15-12-9-6-3)71-65(68)59-56-53-50-47-44-41-22-20-17-14-11-8-5-2/h7-8,10-11,16-17,19-20,23-24,26-27,29-30,32-33,35-36,38-39,41-44,62H,4-6,9,12-15,18,21-22,25,28,31,34,37,40,45-61H2,1-3H3/b10-7-,11-8-,19-16-,20-17-,24-23-,27-26-,30-29-,33-32-,36-35-,39-38-,43-42-,44-41-. The van der Waals surface area contributed by atoms with Gasteiger partial charge in [0.2, 0.25) is 0 Å². The number of hydrogen-bond acceptors (Lipinski definition) is 6. The van der Waals surface area contributed by atoms with Crippen LogP contribution in [0.3, 0.4) is 0 Å². The van der Waals surface area contributed by atoms with Crippen molar-refractivity contribution in [1.29, 1.82) is 0 Å². The fourth-order valence-corrected chi connectivity index (χ4v) is 7.15. The molecule has 0 amide bonds. The van der Waals surface area contributed by atoms with E-state index in [2.05, 4.69) is 167 Å². The first-order valence-electron chi connectivity index (χ1n) is 28.3. The molecule has 1 unspecified atom stereocenters. The van der Waals surface area contributed by atoms with Gasteiger partial charge in [0.1, 0.15) is 13.2 Å². The Kier molecular flexibility index (Phi) is 54.0. The predicted molar refractivity (Wildman–Crippen MR) is 306 cm³/mol. The summed E-state index contributed by atoms with van der Waals surface area (Å²) in [7, 11) is 0. The lowest BCUT2D eigenvalue weighted by Crippen LogP contribution is -2.30. The Morgan fingerprint density at radius 2 is 0.549 bits per heavy atom. The van der Waals surface area contributed by atoms with Gasteiger partial charge in [0, 0.05) is 19.3 Å². The molecular weight excluding hydrogens is 877 g/mol. The highest BCUT2D eigenvalue weighted by atomic mass is 16.6. The van der Waals surface area contributed by atoms with E-state index < -0.39 is 6.10 Å². The quantitative estimate of drug-likeness (QED) is 0.0262. The molecule has 0 saturated carbocycles. The van der Waals surface area contributed by atoms with Crippen molar-refractivity contribution in [3.63, 3.8) is 0 Å². The third-order valence-corrected chi connectivity index (χ3v) is 11.3. The highest BCUT2D eigenvalue weighted by molar-refractivity contribution is 5.71. The summed E-state index contributed by atoms with van der Waals surface area (Å²) in [6, 6.07) is 0. The van der Waals surface area contributed by atoms with Gasteiger partial charge in [-0.25, -0.2) is 0 Å². The summed E-state index contributed by atoms with van der Waals surface area (Å²) in [6.07, 6.45) is 82.8. The van der Waals surface area contributed by atoms with Crippen LogP contribution < -0.4 is 0 Å². The monoisotopic (exact) mass is 979 g/mol. The Morgan fingerprint density at radius 1 is 0.296 bits per heavy atom. The molecule has 0 bridgehead atoms. The van der Waals surface area contributed by atoms with Crippen LogP contribution in [0.25, 0.3) is 0 Å². The molecule has 6 heteroatoms. The van der Waals surface area contributed by atoms with Crippen molar-refractivity contribution in [3.8, 4) is 0 Å². The normalized spacial score (nSPS) is 13.2. The molecule has 398 valence electrons. The van der Waals surface area contributed by atoms with Crippen molar-refractivity contribution in [1.82, 2.24) is 0 Å². The van der Waals surface area contributed by atoms with Gasteiger partial charge in [-0.2, -0.15) is 0 Å². The largest absolute Gasteiger partial charge is 0.462 e. The summed E-state index contributed by atoms with van der Waals surface area (Å²) < 4.78 is 16.7. The summed E-state index contributed by atoms with van der Waals surface area (Å²) in [5.74, 6) is -0.981. The molecule has 0 aliphatic heterocycles. The van der Waals surface area contributed by atoms with Crippen molar-refractivity contribution in [2.75, 3.05) is 13.2 Å². The molecule has 71 heavy (non-hydrogen) atoms. The Balaban J connectivity index is 4.32.